The van der Waals surface area contributed by atoms with Crippen molar-refractivity contribution >= 4 is 0 Å². The number of ether oxygens (including phenoxy) is 2. The van der Waals surface area contributed by atoms with Gasteiger partial charge in [-0.25, -0.2) is 0 Å². The van der Waals surface area contributed by atoms with Crippen molar-refractivity contribution in [3.05, 3.63) is 0 Å². The Balaban J connectivity index is 2.63. The van der Waals surface area contributed by atoms with Crippen LogP contribution in [0.3, 0.4) is 0 Å². The Bertz CT molecular complexity index is 341. The molecule has 1 N–H and O–H groups in total. The van der Waals surface area contributed by atoms with Crippen molar-refractivity contribution in [1.82, 2.24) is 10.2 Å². The lowest BCUT2D eigenvalue weighted by atomic mass is 9.93. The number of hydrogen-bond acceptors (Lipinski definition) is 5. The number of methoxy groups -OCH3 is 2. The molecule has 0 aromatic rings. The largest absolute Gasteiger partial charge is 0.383 e. The van der Waals surface area contributed by atoms with Crippen LogP contribution in [-0.2, 0) is 9.47 Å². The van der Waals surface area contributed by atoms with Gasteiger partial charge in [0.15, 0.2) is 0 Å². The Morgan fingerprint density at radius 2 is 1.95 bits per heavy atom. The van der Waals surface area contributed by atoms with Crippen LogP contribution in [0.5, 0.6) is 0 Å². The minimum absolute atomic E-state index is 0.293. The van der Waals surface area contributed by atoms with Crippen molar-refractivity contribution in [1.29, 1.82) is 5.26 Å². The van der Waals surface area contributed by atoms with Crippen LogP contribution in [0.1, 0.15) is 40.0 Å². The summed E-state index contributed by atoms with van der Waals surface area (Å²) in [6.07, 6.45) is 3.19. The highest BCUT2D eigenvalue weighted by Crippen LogP contribution is 2.26. The molecule has 3 atom stereocenters. The highest BCUT2D eigenvalue weighted by atomic mass is 16.5. The summed E-state index contributed by atoms with van der Waals surface area (Å²) in [5.74, 6) is 0. The predicted molar refractivity (Wildman–Crippen MR) is 84.2 cm³/mol. The van der Waals surface area contributed by atoms with Crippen molar-refractivity contribution in [2.45, 2.75) is 63.7 Å². The molecular weight excluding hydrogens is 266 g/mol. The van der Waals surface area contributed by atoms with E-state index < -0.39 is 5.54 Å². The van der Waals surface area contributed by atoms with E-state index in [9.17, 15) is 5.26 Å². The molecule has 0 spiro atoms. The Morgan fingerprint density at radius 1 is 1.29 bits per heavy atom. The maximum atomic E-state index is 9.53. The van der Waals surface area contributed by atoms with E-state index in [0.29, 0.717) is 31.3 Å². The maximum absolute atomic E-state index is 9.53. The summed E-state index contributed by atoms with van der Waals surface area (Å²) in [6.45, 7) is 8.59. The smallest absolute Gasteiger partial charge is 0.105 e. The minimum atomic E-state index is -0.460. The second-order valence-corrected chi connectivity index (χ2v) is 6.45. The van der Waals surface area contributed by atoms with Gasteiger partial charge in [-0.1, -0.05) is 0 Å². The fraction of sp³-hybridized carbons (Fsp3) is 0.938. The molecule has 5 heteroatoms. The molecule has 1 saturated carbocycles. The first kappa shape index (κ1) is 18.4. The second kappa shape index (κ2) is 8.70. The fourth-order valence-corrected chi connectivity index (χ4v) is 2.93. The molecule has 122 valence electrons. The van der Waals surface area contributed by atoms with Gasteiger partial charge in [-0.05, 0) is 40.0 Å². The van der Waals surface area contributed by atoms with Gasteiger partial charge < -0.3 is 9.47 Å². The summed E-state index contributed by atoms with van der Waals surface area (Å²) >= 11 is 0. The molecule has 0 saturated heterocycles. The molecule has 3 unspecified atom stereocenters. The molecule has 0 aliphatic heterocycles. The molecule has 1 aliphatic rings. The van der Waals surface area contributed by atoms with E-state index in [1.54, 1.807) is 14.2 Å². The molecule has 1 rings (SSSR count). The van der Waals surface area contributed by atoms with E-state index >= 15 is 0 Å². The third kappa shape index (κ3) is 6.31. The highest BCUT2D eigenvalue weighted by molar-refractivity contribution is 5.08. The highest BCUT2D eigenvalue weighted by Gasteiger charge is 2.35. The van der Waals surface area contributed by atoms with Crippen LogP contribution < -0.4 is 5.32 Å². The molecule has 0 radical (unpaired) electrons. The zero-order valence-corrected chi connectivity index (χ0v) is 14.2. The monoisotopic (exact) mass is 297 g/mol. The minimum Gasteiger partial charge on any atom is -0.383 e. The number of nitrogens with zero attached hydrogens (tertiary/aromatic N) is 2. The number of rotatable bonds is 11. The van der Waals surface area contributed by atoms with E-state index in [2.05, 4.69) is 30.1 Å². The van der Waals surface area contributed by atoms with Crippen molar-refractivity contribution in [2.75, 3.05) is 34.0 Å². The molecule has 0 aromatic heterocycles. The van der Waals surface area contributed by atoms with Gasteiger partial charge in [0.1, 0.15) is 5.54 Å². The zero-order valence-electron chi connectivity index (χ0n) is 14.2. The molecule has 1 aliphatic carbocycles. The van der Waals surface area contributed by atoms with Gasteiger partial charge in [0, 0.05) is 38.9 Å². The first-order valence-electron chi connectivity index (χ1n) is 7.88. The fourth-order valence-electron chi connectivity index (χ4n) is 2.93. The van der Waals surface area contributed by atoms with Crippen LogP contribution in [0, 0.1) is 11.3 Å². The summed E-state index contributed by atoms with van der Waals surface area (Å²) in [5.41, 5.74) is -0.460. The first-order chi connectivity index (χ1) is 9.95. The van der Waals surface area contributed by atoms with E-state index in [-0.39, 0.29) is 0 Å². The van der Waals surface area contributed by atoms with Crippen LogP contribution in [0.25, 0.3) is 0 Å². The van der Waals surface area contributed by atoms with Crippen molar-refractivity contribution in [2.24, 2.45) is 0 Å². The van der Waals surface area contributed by atoms with E-state index in [1.807, 2.05) is 6.92 Å². The van der Waals surface area contributed by atoms with E-state index in [0.717, 1.165) is 13.0 Å². The van der Waals surface area contributed by atoms with Gasteiger partial charge in [0.2, 0.25) is 0 Å². The van der Waals surface area contributed by atoms with Gasteiger partial charge in [-0.3, -0.25) is 10.2 Å². The average molecular weight is 297 g/mol. The Kier molecular flexibility index (Phi) is 7.61. The first-order valence-corrected chi connectivity index (χ1v) is 7.88. The van der Waals surface area contributed by atoms with Gasteiger partial charge in [0.05, 0.1) is 19.3 Å². The summed E-state index contributed by atoms with van der Waals surface area (Å²) < 4.78 is 10.5. The van der Waals surface area contributed by atoms with E-state index in [4.69, 9.17) is 9.47 Å². The molecule has 0 heterocycles. The summed E-state index contributed by atoms with van der Waals surface area (Å²) in [7, 11) is 3.45. The van der Waals surface area contributed by atoms with Crippen LogP contribution in [0.2, 0.25) is 0 Å². The molecule has 0 amide bonds. The van der Waals surface area contributed by atoms with Crippen molar-refractivity contribution < 1.29 is 9.47 Å². The Labute approximate surface area is 129 Å². The second-order valence-electron chi connectivity index (χ2n) is 6.45. The third-order valence-electron chi connectivity index (χ3n) is 4.14. The Hall–Kier alpha value is -0.670. The van der Waals surface area contributed by atoms with Crippen molar-refractivity contribution in [3.8, 4) is 6.07 Å². The number of hydrogen-bond donors (Lipinski definition) is 1. The predicted octanol–water partition coefficient (Wildman–Crippen LogP) is 1.78. The van der Waals surface area contributed by atoms with Gasteiger partial charge >= 0.3 is 0 Å². The van der Waals surface area contributed by atoms with E-state index in [1.165, 1.54) is 12.8 Å². The Morgan fingerprint density at radius 3 is 2.43 bits per heavy atom. The SMILES string of the molecule is COCCN(C(C)COC)C(C)CC(C)(C#N)NC1CC1. The zero-order chi connectivity index (χ0) is 15.9. The van der Waals surface area contributed by atoms with Crippen LogP contribution in [0.15, 0.2) is 0 Å². The van der Waals surface area contributed by atoms with Crippen molar-refractivity contribution in [3.63, 3.8) is 0 Å². The summed E-state index contributed by atoms with van der Waals surface area (Å²) in [6, 6.07) is 3.60. The quantitative estimate of drug-likeness (QED) is 0.630. The topological polar surface area (TPSA) is 57.5 Å². The van der Waals surface area contributed by atoms with Crippen LogP contribution >= 0.6 is 0 Å². The van der Waals surface area contributed by atoms with Gasteiger partial charge in [-0.2, -0.15) is 5.26 Å². The maximum Gasteiger partial charge on any atom is 0.105 e. The molecule has 5 nitrogen and oxygen atoms in total. The average Bonchev–Trinajstić information content (AvgIpc) is 3.23. The molecular formula is C16H31N3O2. The van der Waals surface area contributed by atoms with Crippen LogP contribution in [-0.4, -0.2) is 62.5 Å². The molecule has 1 fully saturated rings. The lowest BCUT2D eigenvalue weighted by Gasteiger charge is -2.37. The van der Waals surface area contributed by atoms with Gasteiger partial charge in [-0.15, -0.1) is 0 Å². The normalized spacial score (nSPS) is 20.8. The van der Waals surface area contributed by atoms with Gasteiger partial charge in [0.25, 0.3) is 0 Å². The van der Waals surface area contributed by atoms with Crippen LogP contribution in [0.4, 0.5) is 0 Å². The molecule has 0 bridgehead atoms. The summed E-state index contributed by atoms with van der Waals surface area (Å²) in [4.78, 5) is 2.37. The lowest BCUT2D eigenvalue weighted by molar-refractivity contribution is 0.0440. The standard InChI is InChI=1S/C16H31N3O2/c1-13(10-16(3,12-17)18-15-6-7-15)19(8-9-20-4)14(2)11-21-5/h13-15,18H,6-11H2,1-5H3. The number of nitrogens with one attached hydrogen (secondary N) is 1. The molecule has 21 heavy (non-hydrogen) atoms. The lowest BCUT2D eigenvalue weighted by Crippen LogP contribution is -2.51. The third-order valence-corrected chi connectivity index (χ3v) is 4.14. The molecule has 0 aromatic carbocycles. The summed E-state index contributed by atoms with van der Waals surface area (Å²) in [5, 5.41) is 13.0. The number of nitriles is 1.